The van der Waals surface area contributed by atoms with Crippen LogP contribution < -0.4 is 4.58 Å². The molecule has 210 valence electrons. The second-order valence-corrected chi connectivity index (χ2v) is 11.9. The molecule has 1 aliphatic carbocycles. The Kier molecular flexibility index (Phi) is 5.02. The van der Waals surface area contributed by atoms with Gasteiger partial charge >= 0.3 is 0 Å². The van der Waals surface area contributed by atoms with Crippen LogP contribution in [0.15, 0.2) is 158 Å². The van der Waals surface area contributed by atoms with Crippen LogP contribution in [0.2, 0.25) is 0 Å². The van der Waals surface area contributed by atoms with Gasteiger partial charge in [-0.05, 0) is 59.7 Å². The first-order valence-corrected chi connectivity index (χ1v) is 15.4. The molecule has 4 heterocycles. The lowest BCUT2D eigenvalue weighted by Gasteiger charge is -2.24. The van der Waals surface area contributed by atoms with Crippen molar-refractivity contribution in [2.45, 2.75) is 6.04 Å². The second-order valence-electron chi connectivity index (χ2n) is 11.9. The van der Waals surface area contributed by atoms with Gasteiger partial charge < -0.3 is 9.13 Å². The van der Waals surface area contributed by atoms with E-state index in [9.17, 15) is 0 Å². The first kappa shape index (κ1) is 24.4. The first-order valence-electron chi connectivity index (χ1n) is 15.4. The lowest BCUT2D eigenvalue weighted by atomic mass is 10.0. The molecule has 0 fully saturated rings. The minimum absolute atomic E-state index is 0.0647. The van der Waals surface area contributed by atoms with E-state index in [4.69, 9.17) is 0 Å². The number of fused-ring (bicyclic) bond motifs is 8. The van der Waals surface area contributed by atoms with Gasteiger partial charge in [0.15, 0.2) is 0 Å². The molecule has 4 nitrogen and oxygen atoms in total. The molecule has 1 atom stereocenters. The minimum Gasteiger partial charge on any atom is -0.318 e. The number of rotatable bonds is 3. The lowest BCUT2D eigenvalue weighted by Crippen LogP contribution is -2.30. The van der Waals surface area contributed by atoms with E-state index in [2.05, 4.69) is 158 Å². The van der Waals surface area contributed by atoms with Gasteiger partial charge in [-0.15, -0.1) is 0 Å². The van der Waals surface area contributed by atoms with Crippen molar-refractivity contribution in [2.24, 2.45) is 0 Å². The molecule has 1 unspecified atom stereocenters. The first-order chi connectivity index (χ1) is 22.3. The maximum Gasteiger partial charge on any atom is 0.235 e. The van der Waals surface area contributed by atoms with E-state index in [1.165, 1.54) is 60.7 Å². The summed E-state index contributed by atoms with van der Waals surface area (Å²) < 4.78 is 7.41. The van der Waals surface area contributed by atoms with Crippen LogP contribution in [0.5, 0.6) is 0 Å². The van der Waals surface area contributed by atoms with Crippen LogP contribution in [-0.4, -0.2) is 19.8 Å². The SMILES string of the molecule is C1=CC2=[N+](c3ccc(-c4cccnc4)cc3)c3cccc4c5cc6c7ccccc7n(-c7ccccc7)c6cc5n(c34)C2C=C1. The van der Waals surface area contributed by atoms with Crippen LogP contribution in [-0.2, 0) is 0 Å². The maximum absolute atomic E-state index is 4.32. The molecule has 0 spiro atoms. The molecule has 0 N–H and O–H groups in total. The van der Waals surface area contributed by atoms with Crippen molar-refractivity contribution in [3.05, 3.63) is 158 Å². The monoisotopic (exact) mass is 575 g/mol. The number of hydrogen-bond acceptors (Lipinski definition) is 1. The average molecular weight is 576 g/mol. The summed E-state index contributed by atoms with van der Waals surface area (Å²) in [5.41, 5.74) is 12.0. The zero-order chi connectivity index (χ0) is 29.5. The van der Waals surface area contributed by atoms with Crippen molar-refractivity contribution >= 4 is 60.7 Å². The zero-order valence-corrected chi connectivity index (χ0v) is 24.4. The summed E-state index contributed by atoms with van der Waals surface area (Å²) in [5, 5.41) is 5.11. The molecule has 1 aliphatic heterocycles. The Morgan fingerprint density at radius 1 is 0.600 bits per heavy atom. The van der Waals surface area contributed by atoms with Crippen LogP contribution in [0.25, 0.3) is 60.4 Å². The van der Waals surface area contributed by atoms with Crippen LogP contribution in [0.3, 0.4) is 0 Å². The van der Waals surface area contributed by atoms with Gasteiger partial charge in [-0.1, -0.05) is 72.8 Å². The Hall–Kier alpha value is -6.00. The number of allylic oxidation sites excluding steroid dienone is 4. The van der Waals surface area contributed by atoms with Crippen LogP contribution in [0.1, 0.15) is 6.04 Å². The Bertz CT molecular complexity index is 2560. The molecule has 0 saturated carbocycles. The molecule has 0 bridgehead atoms. The molecule has 10 rings (SSSR count). The normalized spacial score (nSPS) is 15.5. The average Bonchev–Trinajstić information content (AvgIpc) is 3.61. The van der Waals surface area contributed by atoms with E-state index >= 15 is 0 Å². The lowest BCUT2D eigenvalue weighted by molar-refractivity contribution is 0.781. The highest BCUT2D eigenvalue weighted by atomic mass is 15.2. The third-order valence-corrected chi connectivity index (χ3v) is 9.48. The van der Waals surface area contributed by atoms with Gasteiger partial charge in [-0.2, -0.15) is 4.58 Å². The number of nitrogens with zero attached hydrogens (tertiary/aromatic N) is 4. The summed E-state index contributed by atoms with van der Waals surface area (Å²) in [6.45, 7) is 0. The predicted molar refractivity (Wildman–Crippen MR) is 187 cm³/mol. The van der Waals surface area contributed by atoms with Gasteiger partial charge in [0, 0.05) is 63.9 Å². The Morgan fingerprint density at radius 2 is 1.42 bits per heavy atom. The van der Waals surface area contributed by atoms with Crippen molar-refractivity contribution in [1.82, 2.24) is 18.7 Å². The van der Waals surface area contributed by atoms with Gasteiger partial charge in [0.25, 0.3) is 0 Å². The topological polar surface area (TPSA) is 25.8 Å². The van der Waals surface area contributed by atoms with Crippen molar-refractivity contribution < 1.29 is 0 Å². The van der Waals surface area contributed by atoms with E-state index < -0.39 is 0 Å². The number of aromatic nitrogens is 3. The molecule has 3 aromatic heterocycles. The van der Waals surface area contributed by atoms with E-state index in [1.54, 1.807) is 0 Å². The van der Waals surface area contributed by atoms with E-state index in [1.807, 2.05) is 18.5 Å². The maximum atomic E-state index is 4.32. The van der Waals surface area contributed by atoms with Crippen LogP contribution in [0.4, 0.5) is 11.4 Å². The van der Waals surface area contributed by atoms with Crippen molar-refractivity contribution in [2.75, 3.05) is 0 Å². The number of pyridine rings is 1. The zero-order valence-electron chi connectivity index (χ0n) is 24.4. The Morgan fingerprint density at radius 3 is 2.29 bits per heavy atom. The summed E-state index contributed by atoms with van der Waals surface area (Å²) >= 11 is 0. The molecule has 0 saturated heterocycles. The Balaban J connectivity index is 1.26. The number of para-hydroxylation sites is 3. The third kappa shape index (κ3) is 3.42. The van der Waals surface area contributed by atoms with Gasteiger partial charge in [0.2, 0.25) is 17.1 Å². The van der Waals surface area contributed by atoms with E-state index in [-0.39, 0.29) is 6.04 Å². The second kappa shape index (κ2) is 9.25. The highest BCUT2D eigenvalue weighted by Crippen LogP contribution is 2.45. The summed E-state index contributed by atoms with van der Waals surface area (Å²) in [5.74, 6) is 0. The predicted octanol–water partition coefficient (Wildman–Crippen LogP) is 9.91. The number of benzene rings is 5. The molecule has 4 heteroatoms. The molecule has 8 aromatic rings. The minimum atomic E-state index is 0.0647. The van der Waals surface area contributed by atoms with E-state index in [0.29, 0.717) is 0 Å². The fourth-order valence-electron chi connectivity index (χ4n) is 7.58. The van der Waals surface area contributed by atoms with E-state index in [0.717, 1.165) is 16.8 Å². The smallest absolute Gasteiger partial charge is 0.235 e. The fraction of sp³-hybridized carbons (Fsp3) is 0.0244. The molecule has 2 aliphatic rings. The molecule has 0 amide bonds. The Labute approximate surface area is 259 Å². The van der Waals surface area contributed by atoms with Crippen molar-refractivity contribution in [1.29, 1.82) is 0 Å². The highest BCUT2D eigenvalue weighted by molar-refractivity contribution is 6.22. The van der Waals surface area contributed by atoms with Crippen molar-refractivity contribution in [3.8, 4) is 16.8 Å². The molecule has 45 heavy (non-hydrogen) atoms. The number of hydrogen-bond donors (Lipinski definition) is 0. The largest absolute Gasteiger partial charge is 0.318 e. The van der Waals surface area contributed by atoms with Gasteiger partial charge in [0.05, 0.1) is 16.6 Å². The van der Waals surface area contributed by atoms with Gasteiger partial charge in [-0.3, -0.25) is 4.98 Å². The summed E-state index contributed by atoms with van der Waals surface area (Å²) in [7, 11) is 0. The molecular weight excluding hydrogens is 548 g/mol. The standard InChI is InChI=1S/C41H27N4/c1-2-11-29(12-3-1)43-35-15-5-4-13-31(35)33-24-34-32-14-8-18-38-41(32)45(40(34)25-39(33)43)37-17-7-6-16-36(37)44(38)30-21-19-27(20-22-30)28-10-9-23-42-26-28/h1-26,37H/q+1. The third-order valence-electron chi connectivity index (χ3n) is 9.48. The quantitative estimate of drug-likeness (QED) is 0.193. The molecule has 5 aromatic carbocycles. The van der Waals surface area contributed by atoms with Crippen LogP contribution in [0, 0.1) is 0 Å². The summed E-state index contributed by atoms with van der Waals surface area (Å²) in [4.78, 5) is 4.32. The summed E-state index contributed by atoms with van der Waals surface area (Å²) in [6.07, 6.45) is 12.7. The molecular formula is C41H27N4+. The fourth-order valence-corrected chi connectivity index (χ4v) is 7.58. The molecule has 0 radical (unpaired) electrons. The van der Waals surface area contributed by atoms with Gasteiger partial charge in [-0.25, -0.2) is 0 Å². The highest BCUT2D eigenvalue weighted by Gasteiger charge is 2.37. The summed E-state index contributed by atoms with van der Waals surface area (Å²) in [6, 6.07) is 44.1. The van der Waals surface area contributed by atoms with Gasteiger partial charge in [0.1, 0.15) is 11.6 Å². The van der Waals surface area contributed by atoms with Crippen molar-refractivity contribution in [3.63, 3.8) is 0 Å². The van der Waals surface area contributed by atoms with Crippen LogP contribution >= 0.6 is 0 Å².